The molecule has 1 atom stereocenters. The number of fused-ring (bicyclic) bond motifs is 1. The number of rotatable bonds is 7. The van der Waals surface area contributed by atoms with Crippen LogP contribution in [-0.4, -0.2) is 41.2 Å². The first-order valence-corrected chi connectivity index (χ1v) is 11.8. The van der Waals surface area contributed by atoms with Crippen molar-refractivity contribution in [2.75, 3.05) is 11.9 Å². The largest absolute Gasteiger partial charge is 0.454 e. The van der Waals surface area contributed by atoms with Gasteiger partial charge < -0.3 is 10.1 Å². The molecule has 0 bridgehead atoms. The summed E-state index contributed by atoms with van der Waals surface area (Å²) in [5, 5.41) is 1.85. The molecule has 1 aliphatic rings. The number of halogens is 4. The highest BCUT2D eigenvalue weighted by atomic mass is 35.5. The van der Waals surface area contributed by atoms with Crippen molar-refractivity contribution in [2.24, 2.45) is 5.92 Å². The van der Waals surface area contributed by atoms with Gasteiger partial charge in [0.15, 0.2) is 6.61 Å². The Balaban J connectivity index is 1.81. The standard InChI is InChI=1S/C23H20Cl4N2O5/c1-4-11-7-5-6-8-12(11)28-13(30)9-34-23(33)20(10(2)3)29-21(31)14-15(22(29)32)17(25)19(27)18(26)16(14)24/h5-8,10,20H,4,9H2,1-3H3,(H,28,30). The molecule has 1 aliphatic heterocycles. The zero-order valence-electron chi connectivity index (χ0n) is 18.4. The lowest BCUT2D eigenvalue weighted by atomic mass is 10.0. The van der Waals surface area contributed by atoms with E-state index in [1.165, 1.54) is 0 Å². The molecule has 180 valence electrons. The van der Waals surface area contributed by atoms with Crippen molar-refractivity contribution in [3.05, 3.63) is 61.0 Å². The van der Waals surface area contributed by atoms with Gasteiger partial charge in [-0.3, -0.25) is 19.3 Å². The topological polar surface area (TPSA) is 92.8 Å². The molecule has 34 heavy (non-hydrogen) atoms. The number of nitrogens with one attached hydrogen (secondary N) is 1. The number of amides is 3. The first-order chi connectivity index (χ1) is 16.0. The fourth-order valence-electron chi connectivity index (χ4n) is 3.65. The van der Waals surface area contributed by atoms with Gasteiger partial charge in [0.25, 0.3) is 17.7 Å². The number of aryl methyl sites for hydroxylation is 1. The van der Waals surface area contributed by atoms with Gasteiger partial charge in [0, 0.05) is 5.69 Å². The van der Waals surface area contributed by atoms with E-state index in [4.69, 9.17) is 51.1 Å². The lowest BCUT2D eigenvalue weighted by Gasteiger charge is -2.27. The maximum Gasteiger partial charge on any atom is 0.330 e. The van der Waals surface area contributed by atoms with E-state index in [9.17, 15) is 19.2 Å². The number of nitrogens with zero attached hydrogens (tertiary/aromatic N) is 1. The Morgan fingerprint density at radius 2 is 1.47 bits per heavy atom. The number of carbonyl (C=O) groups is 4. The van der Waals surface area contributed by atoms with Crippen molar-refractivity contribution < 1.29 is 23.9 Å². The molecule has 11 heteroatoms. The summed E-state index contributed by atoms with van der Waals surface area (Å²) in [4.78, 5) is 52.3. The first-order valence-electron chi connectivity index (χ1n) is 10.3. The molecule has 3 rings (SSSR count). The lowest BCUT2D eigenvalue weighted by molar-refractivity contribution is -0.152. The lowest BCUT2D eigenvalue weighted by Crippen LogP contribution is -2.49. The molecule has 7 nitrogen and oxygen atoms in total. The van der Waals surface area contributed by atoms with E-state index in [1.54, 1.807) is 26.0 Å². The fourth-order valence-corrected chi connectivity index (χ4v) is 4.67. The quantitative estimate of drug-likeness (QED) is 0.209. The Hall–Kier alpha value is -2.32. The maximum absolute atomic E-state index is 13.1. The molecule has 0 saturated carbocycles. The summed E-state index contributed by atoms with van der Waals surface area (Å²) in [6.07, 6.45) is 0.699. The van der Waals surface area contributed by atoms with Crippen LogP contribution in [0.15, 0.2) is 24.3 Å². The van der Waals surface area contributed by atoms with E-state index in [0.29, 0.717) is 17.0 Å². The van der Waals surface area contributed by atoms with E-state index in [2.05, 4.69) is 5.32 Å². The van der Waals surface area contributed by atoms with E-state index in [0.717, 1.165) is 5.56 Å². The van der Waals surface area contributed by atoms with Crippen molar-refractivity contribution in [1.82, 2.24) is 4.90 Å². The van der Waals surface area contributed by atoms with Crippen molar-refractivity contribution in [2.45, 2.75) is 33.2 Å². The number of ether oxygens (including phenoxy) is 1. The van der Waals surface area contributed by atoms with Crippen molar-refractivity contribution >= 4 is 75.8 Å². The highest BCUT2D eigenvalue weighted by Crippen LogP contribution is 2.45. The minimum absolute atomic E-state index is 0.178. The van der Waals surface area contributed by atoms with Crippen LogP contribution in [0, 0.1) is 5.92 Å². The molecule has 1 N–H and O–H groups in total. The van der Waals surface area contributed by atoms with Crippen LogP contribution >= 0.6 is 46.4 Å². The molecular weight excluding hydrogens is 526 g/mol. The normalized spacial score (nSPS) is 13.8. The van der Waals surface area contributed by atoms with Crippen molar-refractivity contribution in [3.63, 3.8) is 0 Å². The monoisotopic (exact) mass is 544 g/mol. The van der Waals surface area contributed by atoms with E-state index in [-0.39, 0.29) is 31.2 Å². The van der Waals surface area contributed by atoms with Crippen LogP contribution in [0.3, 0.4) is 0 Å². The third-order valence-electron chi connectivity index (χ3n) is 5.30. The number of imide groups is 1. The second kappa shape index (κ2) is 10.5. The van der Waals surface area contributed by atoms with Crippen LogP contribution < -0.4 is 5.32 Å². The fraction of sp³-hybridized carbons (Fsp3) is 0.304. The molecule has 2 aromatic carbocycles. The van der Waals surface area contributed by atoms with Gasteiger partial charge in [-0.2, -0.15) is 0 Å². The van der Waals surface area contributed by atoms with Crippen LogP contribution in [0.4, 0.5) is 5.69 Å². The summed E-state index contributed by atoms with van der Waals surface area (Å²) in [6, 6.07) is 5.88. The average Bonchev–Trinajstić information content (AvgIpc) is 3.05. The summed E-state index contributed by atoms with van der Waals surface area (Å²) in [5.41, 5.74) is 1.04. The number of hydrogen-bond acceptors (Lipinski definition) is 5. The van der Waals surface area contributed by atoms with E-state index in [1.807, 2.05) is 19.1 Å². The van der Waals surface area contributed by atoms with Crippen LogP contribution in [0.2, 0.25) is 20.1 Å². The van der Waals surface area contributed by atoms with Crippen molar-refractivity contribution in [3.8, 4) is 0 Å². The van der Waals surface area contributed by atoms with Crippen LogP contribution in [-0.2, 0) is 20.7 Å². The number of para-hydroxylation sites is 1. The van der Waals surface area contributed by atoms with Crippen LogP contribution in [0.5, 0.6) is 0 Å². The third kappa shape index (κ3) is 4.75. The van der Waals surface area contributed by atoms with Gasteiger partial charge in [0.2, 0.25) is 0 Å². The van der Waals surface area contributed by atoms with E-state index >= 15 is 0 Å². The third-order valence-corrected chi connectivity index (χ3v) is 7.10. The van der Waals surface area contributed by atoms with Gasteiger partial charge in [0.05, 0.1) is 31.2 Å². The predicted molar refractivity (Wildman–Crippen MR) is 131 cm³/mol. The summed E-state index contributed by atoms with van der Waals surface area (Å²) in [6.45, 7) is 4.58. The molecule has 1 heterocycles. The smallest absolute Gasteiger partial charge is 0.330 e. The van der Waals surface area contributed by atoms with Gasteiger partial charge in [-0.05, 0) is 24.0 Å². The Labute approximate surface area is 216 Å². The zero-order valence-corrected chi connectivity index (χ0v) is 21.4. The highest BCUT2D eigenvalue weighted by Gasteiger charge is 2.48. The number of benzene rings is 2. The molecule has 2 aromatic rings. The molecule has 0 spiro atoms. The number of carbonyl (C=O) groups excluding carboxylic acids is 4. The minimum atomic E-state index is -1.34. The Morgan fingerprint density at radius 1 is 0.941 bits per heavy atom. The first kappa shape index (κ1) is 26.3. The molecule has 0 radical (unpaired) electrons. The number of esters is 1. The molecule has 0 aliphatic carbocycles. The molecule has 0 saturated heterocycles. The Morgan fingerprint density at radius 3 is 1.97 bits per heavy atom. The van der Waals surface area contributed by atoms with Gasteiger partial charge in [-0.25, -0.2) is 4.79 Å². The molecule has 3 amide bonds. The summed E-state index contributed by atoms with van der Waals surface area (Å²) >= 11 is 24.4. The van der Waals surface area contributed by atoms with Crippen LogP contribution in [0.25, 0.3) is 0 Å². The Bertz CT molecular complexity index is 1150. The SMILES string of the molecule is CCc1ccccc1NC(=O)COC(=O)C(C(C)C)N1C(=O)c2c(Cl)c(Cl)c(Cl)c(Cl)c2C1=O. The Kier molecular flexibility index (Phi) is 8.14. The maximum atomic E-state index is 13.1. The highest BCUT2D eigenvalue weighted by molar-refractivity contribution is 6.55. The zero-order chi connectivity index (χ0) is 25.3. The second-order valence-corrected chi connectivity index (χ2v) is 9.35. The molecule has 1 unspecified atom stereocenters. The second-order valence-electron chi connectivity index (χ2n) is 7.84. The van der Waals surface area contributed by atoms with Gasteiger partial charge in [-0.15, -0.1) is 0 Å². The number of hydrogen-bond donors (Lipinski definition) is 1. The van der Waals surface area contributed by atoms with Gasteiger partial charge in [-0.1, -0.05) is 85.4 Å². The van der Waals surface area contributed by atoms with Gasteiger partial charge >= 0.3 is 5.97 Å². The van der Waals surface area contributed by atoms with Crippen LogP contribution in [0.1, 0.15) is 47.1 Å². The van der Waals surface area contributed by atoms with E-state index < -0.39 is 42.3 Å². The summed E-state index contributed by atoms with van der Waals surface area (Å²) < 4.78 is 5.17. The predicted octanol–water partition coefficient (Wildman–Crippen LogP) is 5.67. The minimum Gasteiger partial charge on any atom is -0.454 e. The molecular formula is C23H20Cl4N2O5. The van der Waals surface area contributed by atoms with Crippen molar-refractivity contribution in [1.29, 1.82) is 0 Å². The molecule has 0 aromatic heterocycles. The summed E-state index contributed by atoms with van der Waals surface area (Å²) in [7, 11) is 0. The van der Waals surface area contributed by atoms with Gasteiger partial charge in [0.1, 0.15) is 6.04 Å². The molecule has 0 fully saturated rings. The average molecular weight is 546 g/mol. The summed E-state index contributed by atoms with van der Waals surface area (Å²) in [5.74, 6) is -3.77. The number of anilines is 1.